The Labute approximate surface area is 160 Å². The summed E-state index contributed by atoms with van der Waals surface area (Å²) in [5.74, 6) is -0.767. The van der Waals surface area contributed by atoms with Crippen LogP contribution in [0.4, 0.5) is 10.1 Å². The van der Waals surface area contributed by atoms with Gasteiger partial charge in [0.25, 0.3) is 0 Å². The summed E-state index contributed by atoms with van der Waals surface area (Å²) in [5, 5.41) is 5.41. The standard InChI is InChI=1S/C16H19ClFN3O2S2/c1-23-14(22)16(4-5-16)25-13-9-12(11(18)8-10(13)17)20-15(24)21-7-3-2-6-19-21/h8-9,19H,2-7H2,1H3,(H,20,24). The highest BCUT2D eigenvalue weighted by atomic mass is 35.5. The number of esters is 1. The fourth-order valence-electron chi connectivity index (χ4n) is 2.61. The smallest absolute Gasteiger partial charge is 0.322 e. The van der Waals surface area contributed by atoms with E-state index in [2.05, 4.69) is 10.7 Å². The summed E-state index contributed by atoms with van der Waals surface area (Å²) in [7, 11) is 1.37. The Kier molecular flexibility index (Phi) is 5.72. The lowest BCUT2D eigenvalue weighted by Crippen LogP contribution is -2.48. The van der Waals surface area contributed by atoms with Crippen molar-refractivity contribution in [2.45, 2.75) is 35.3 Å². The molecule has 2 fully saturated rings. The molecule has 0 spiro atoms. The molecule has 1 aromatic rings. The van der Waals surface area contributed by atoms with Crippen LogP contribution in [0.25, 0.3) is 0 Å². The van der Waals surface area contributed by atoms with Crippen molar-refractivity contribution in [2.75, 3.05) is 25.5 Å². The number of hydrogen-bond donors (Lipinski definition) is 2. The maximum absolute atomic E-state index is 14.3. The fraction of sp³-hybridized carbons (Fsp3) is 0.500. The van der Waals surface area contributed by atoms with Crippen LogP contribution in [0.2, 0.25) is 5.02 Å². The second-order valence-electron chi connectivity index (χ2n) is 6.05. The summed E-state index contributed by atoms with van der Waals surface area (Å²) in [5.41, 5.74) is 3.41. The molecule has 0 radical (unpaired) electrons. The van der Waals surface area contributed by atoms with Gasteiger partial charge >= 0.3 is 5.97 Å². The van der Waals surface area contributed by atoms with Crippen LogP contribution in [-0.4, -0.2) is 41.0 Å². The van der Waals surface area contributed by atoms with Crippen molar-refractivity contribution in [3.63, 3.8) is 0 Å². The van der Waals surface area contributed by atoms with Crippen molar-refractivity contribution in [1.29, 1.82) is 0 Å². The number of thiocarbonyl (C=S) groups is 1. The molecule has 1 saturated heterocycles. The quantitative estimate of drug-likeness (QED) is 0.588. The predicted octanol–water partition coefficient (Wildman–Crippen LogP) is 3.57. The van der Waals surface area contributed by atoms with E-state index in [0.717, 1.165) is 38.8 Å². The Morgan fingerprint density at radius 1 is 1.48 bits per heavy atom. The molecule has 1 aliphatic carbocycles. The van der Waals surface area contributed by atoms with Crippen LogP contribution in [0.3, 0.4) is 0 Å². The summed E-state index contributed by atoms with van der Waals surface area (Å²) < 4.78 is 18.5. The van der Waals surface area contributed by atoms with Gasteiger partial charge in [0.15, 0.2) is 5.11 Å². The zero-order chi connectivity index (χ0) is 18.0. The average Bonchev–Trinajstić information content (AvgIpc) is 3.40. The lowest BCUT2D eigenvalue weighted by Gasteiger charge is -2.30. The van der Waals surface area contributed by atoms with Gasteiger partial charge in [-0.2, -0.15) is 0 Å². The molecule has 0 bridgehead atoms. The molecule has 2 aliphatic rings. The normalized spacial score (nSPS) is 18.6. The molecule has 1 aromatic carbocycles. The molecule has 136 valence electrons. The molecular formula is C16H19ClFN3O2S2. The van der Waals surface area contributed by atoms with Crippen molar-refractivity contribution in [1.82, 2.24) is 10.4 Å². The minimum absolute atomic E-state index is 0.241. The molecule has 1 heterocycles. The molecule has 0 amide bonds. The highest BCUT2D eigenvalue weighted by Crippen LogP contribution is 2.54. The number of hydrogen-bond acceptors (Lipinski definition) is 5. The number of rotatable bonds is 4. The highest BCUT2D eigenvalue weighted by Gasteiger charge is 2.52. The number of nitrogens with zero attached hydrogens (tertiary/aromatic N) is 1. The zero-order valence-electron chi connectivity index (χ0n) is 13.7. The van der Waals surface area contributed by atoms with Crippen molar-refractivity contribution in [3.05, 3.63) is 23.0 Å². The number of carbonyl (C=O) groups excluding carboxylic acids is 1. The molecule has 1 aliphatic heterocycles. The summed E-state index contributed by atoms with van der Waals surface area (Å²) >= 11 is 12.8. The van der Waals surface area contributed by atoms with Gasteiger partial charge in [-0.3, -0.25) is 9.80 Å². The molecule has 2 N–H and O–H groups in total. The molecule has 3 rings (SSSR count). The Bertz CT molecular complexity index is 694. The number of benzene rings is 1. The number of ether oxygens (including phenoxy) is 1. The number of methoxy groups -OCH3 is 1. The predicted molar refractivity (Wildman–Crippen MR) is 101 cm³/mol. The second kappa shape index (κ2) is 7.65. The maximum atomic E-state index is 14.3. The molecule has 0 aromatic heterocycles. The van der Waals surface area contributed by atoms with Crippen LogP contribution >= 0.6 is 35.6 Å². The Hall–Kier alpha value is -1.09. The molecule has 5 nitrogen and oxygen atoms in total. The Morgan fingerprint density at radius 2 is 2.24 bits per heavy atom. The first-order chi connectivity index (χ1) is 11.9. The van der Waals surface area contributed by atoms with E-state index in [4.69, 9.17) is 28.6 Å². The Morgan fingerprint density at radius 3 is 2.84 bits per heavy atom. The average molecular weight is 404 g/mol. The monoisotopic (exact) mass is 403 g/mol. The number of thioether (sulfide) groups is 1. The van der Waals surface area contributed by atoms with E-state index in [1.807, 2.05) is 0 Å². The Balaban J connectivity index is 1.76. The van der Waals surface area contributed by atoms with Crippen LogP contribution < -0.4 is 10.7 Å². The number of anilines is 1. The van der Waals surface area contributed by atoms with Gasteiger partial charge in [-0.25, -0.2) is 9.82 Å². The first kappa shape index (κ1) is 18.7. The topological polar surface area (TPSA) is 53.6 Å². The molecule has 25 heavy (non-hydrogen) atoms. The van der Waals surface area contributed by atoms with Crippen molar-refractivity contribution >= 4 is 52.3 Å². The van der Waals surface area contributed by atoms with Gasteiger partial charge in [0.2, 0.25) is 0 Å². The van der Waals surface area contributed by atoms with Crippen molar-refractivity contribution in [3.8, 4) is 0 Å². The third kappa shape index (κ3) is 4.19. The maximum Gasteiger partial charge on any atom is 0.322 e. The second-order valence-corrected chi connectivity index (χ2v) is 8.27. The lowest BCUT2D eigenvalue weighted by molar-refractivity contribution is -0.140. The minimum atomic E-state index is -0.609. The number of nitrogens with one attached hydrogen (secondary N) is 2. The number of carbonyl (C=O) groups is 1. The van der Waals surface area contributed by atoms with E-state index in [0.29, 0.717) is 10.0 Å². The number of hydrazine groups is 1. The van der Waals surface area contributed by atoms with Crippen LogP contribution in [0.15, 0.2) is 17.0 Å². The largest absolute Gasteiger partial charge is 0.468 e. The van der Waals surface area contributed by atoms with Crippen LogP contribution in [-0.2, 0) is 9.53 Å². The third-order valence-electron chi connectivity index (χ3n) is 4.19. The third-order valence-corrected chi connectivity index (χ3v) is 6.46. The molecule has 1 saturated carbocycles. The van der Waals surface area contributed by atoms with Gasteiger partial charge in [0.1, 0.15) is 10.6 Å². The van der Waals surface area contributed by atoms with Crippen LogP contribution in [0, 0.1) is 5.82 Å². The molecule has 0 unspecified atom stereocenters. The van der Waals surface area contributed by atoms with E-state index < -0.39 is 10.6 Å². The first-order valence-electron chi connectivity index (χ1n) is 8.04. The van der Waals surface area contributed by atoms with Gasteiger partial charge in [-0.1, -0.05) is 11.6 Å². The highest BCUT2D eigenvalue weighted by molar-refractivity contribution is 8.01. The zero-order valence-corrected chi connectivity index (χ0v) is 16.1. The number of halogens is 2. The van der Waals surface area contributed by atoms with E-state index >= 15 is 0 Å². The van der Waals surface area contributed by atoms with Crippen molar-refractivity contribution in [2.24, 2.45) is 0 Å². The summed E-state index contributed by atoms with van der Waals surface area (Å²) in [6.45, 7) is 1.61. The fourth-order valence-corrected chi connectivity index (χ4v) is 4.36. The summed E-state index contributed by atoms with van der Waals surface area (Å²) in [4.78, 5) is 12.6. The van der Waals surface area contributed by atoms with Crippen LogP contribution in [0.1, 0.15) is 25.7 Å². The van der Waals surface area contributed by atoms with E-state index in [9.17, 15) is 9.18 Å². The van der Waals surface area contributed by atoms with Crippen molar-refractivity contribution < 1.29 is 13.9 Å². The van der Waals surface area contributed by atoms with Gasteiger partial charge in [-0.05, 0) is 50.0 Å². The molecular weight excluding hydrogens is 385 g/mol. The van der Waals surface area contributed by atoms with Gasteiger partial charge < -0.3 is 10.1 Å². The van der Waals surface area contributed by atoms with Gasteiger partial charge in [-0.15, -0.1) is 11.8 Å². The summed E-state index contributed by atoms with van der Waals surface area (Å²) in [6, 6.07) is 2.84. The van der Waals surface area contributed by atoms with Crippen LogP contribution in [0.5, 0.6) is 0 Å². The van der Waals surface area contributed by atoms with E-state index in [1.54, 1.807) is 11.1 Å². The van der Waals surface area contributed by atoms with Gasteiger partial charge in [0, 0.05) is 18.0 Å². The summed E-state index contributed by atoms with van der Waals surface area (Å²) in [6.07, 6.45) is 3.55. The molecule has 9 heteroatoms. The van der Waals surface area contributed by atoms with Gasteiger partial charge in [0.05, 0.1) is 17.8 Å². The molecule has 0 atom stereocenters. The minimum Gasteiger partial charge on any atom is -0.468 e. The SMILES string of the molecule is COC(=O)C1(Sc2cc(NC(=S)N3CCCCN3)c(F)cc2Cl)CC1. The first-order valence-corrected chi connectivity index (χ1v) is 9.64. The van der Waals surface area contributed by atoms with E-state index in [1.165, 1.54) is 24.9 Å². The van der Waals surface area contributed by atoms with E-state index in [-0.39, 0.29) is 16.7 Å². The lowest BCUT2D eigenvalue weighted by atomic mass is 10.3.